The molecule has 1 heterocycles. The zero-order valence-corrected chi connectivity index (χ0v) is 21.3. The third-order valence-corrected chi connectivity index (χ3v) is 6.90. The number of benzene rings is 3. The number of nitro benzene ring substituents is 1. The second-order valence-electron chi connectivity index (χ2n) is 8.06. The fraction of sp³-hybridized carbons (Fsp3) is 0.231. The predicted octanol–water partition coefficient (Wildman–Crippen LogP) is 5.23. The standard InChI is InChI=1S/C26H25N3O6S/c1-15-6-7-17(12-16(15)2)14-36-26-27-22-20(13-21(33-3)23(34-4)24(22)35-5)25(30)28(26)18-8-10-19(11-9-18)29(31)32/h6-13H,14H2,1-5H3. The summed E-state index contributed by atoms with van der Waals surface area (Å²) in [4.78, 5) is 29.3. The summed E-state index contributed by atoms with van der Waals surface area (Å²) in [7, 11) is 4.43. The lowest BCUT2D eigenvalue weighted by atomic mass is 10.1. The van der Waals surface area contributed by atoms with Crippen molar-refractivity contribution in [1.82, 2.24) is 9.55 Å². The summed E-state index contributed by atoms with van der Waals surface area (Å²) in [6.45, 7) is 4.10. The summed E-state index contributed by atoms with van der Waals surface area (Å²) in [5, 5.41) is 11.8. The number of aromatic nitrogens is 2. The van der Waals surface area contributed by atoms with Crippen LogP contribution in [0.1, 0.15) is 16.7 Å². The van der Waals surface area contributed by atoms with Crippen molar-refractivity contribution in [1.29, 1.82) is 0 Å². The normalized spacial score (nSPS) is 10.9. The minimum Gasteiger partial charge on any atom is -0.493 e. The molecule has 0 radical (unpaired) electrons. The highest BCUT2D eigenvalue weighted by molar-refractivity contribution is 7.98. The summed E-state index contributed by atoms with van der Waals surface area (Å²) in [5.41, 5.74) is 3.80. The molecule has 4 aromatic rings. The Morgan fingerprint density at radius 1 is 0.944 bits per heavy atom. The Balaban J connectivity index is 1.95. The van der Waals surface area contributed by atoms with Gasteiger partial charge in [-0.25, -0.2) is 4.98 Å². The van der Waals surface area contributed by atoms with Crippen LogP contribution >= 0.6 is 11.8 Å². The number of nitro groups is 1. The van der Waals surface area contributed by atoms with E-state index >= 15 is 0 Å². The number of fused-ring (bicyclic) bond motifs is 1. The van der Waals surface area contributed by atoms with Crippen LogP contribution in [0, 0.1) is 24.0 Å². The van der Waals surface area contributed by atoms with E-state index in [9.17, 15) is 14.9 Å². The van der Waals surface area contributed by atoms with Gasteiger partial charge in [-0.05, 0) is 48.7 Å². The van der Waals surface area contributed by atoms with E-state index in [0.717, 1.165) is 5.56 Å². The van der Waals surface area contributed by atoms with E-state index in [0.29, 0.717) is 33.6 Å². The number of hydrogen-bond donors (Lipinski definition) is 0. The zero-order chi connectivity index (χ0) is 26.0. The van der Waals surface area contributed by atoms with Crippen molar-refractivity contribution in [2.75, 3.05) is 21.3 Å². The zero-order valence-electron chi connectivity index (χ0n) is 20.5. The van der Waals surface area contributed by atoms with Crippen molar-refractivity contribution in [3.05, 3.63) is 85.7 Å². The van der Waals surface area contributed by atoms with Gasteiger partial charge in [-0.2, -0.15) is 0 Å². The van der Waals surface area contributed by atoms with E-state index in [-0.39, 0.29) is 22.4 Å². The van der Waals surface area contributed by atoms with Crippen LogP contribution in [0.5, 0.6) is 17.2 Å². The molecule has 1 aromatic heterocycles. The Morgan fingerprint density at radius 3 is 2.22 bits per heavy atom. The molecular weight excluding hydrogens is 482 g/mol. The van der Waals surface area contributed by atoms with Gasteiger partial charge in [0, 0.05) is 17.9 Å². The van der Waals surface area contributed by atoms with Crippen LogP contribution in [0.4, 0.5) is 5.69 Å². The molecule has 0 N–H and O–H groups in total. The molecule has 0 aliphatic rings. The molecule has 10 heteroatoms. The van der Waals surface area contributed by atoms with Crippen molar-refractivity contribution in [3.8, 4) is 22.9 Å². The number of nitrogens with zero attached hydrogens (tertiary/aromatic N) is 3. The van der Waals surface area contributed by atoms with Crippen LogP contribution in [-0.2, 0) is 5.75 Å². The summed E-state index contributed by atoms with van der Waals surface area (Å²) >= 11 is 1.38. The first kappa shape index (κ1) is 25.1. The minimum atomic E-state index is -0.484. The Morgan fingerprint density at radius 2 is 1.64 bits per heavy atom. The van der Waals surface area contributed by atoms with Crippen molar-refractivity contribution in [3.63, 3.8) is 0 Å². The SMILES string of the molecule is COc1cc2c(=O)n(-c3ccc([N+](=O)[O-])cc3)c(SCc3ccc(C)c(C)c3)nc2c(OC)c1OC. The highest BCUT2D eigenvalue weighted by Crippen LogP contribution is 2.42. The third-order valence-electron chi connectivity index (χ3n) is 5.89. The smallest absolute Gasteiger partial charge is 0.269 e. The van der Waals surface area contributed by atoms with E-state index in [4.69, 9.17) is 19.2 Å². The number of hydrogen-bond acceptors (Lipinski definition) is 8. The molecule has 0 bridgehead atoms. The lowest BCUT2D eigenvalue weighted by Gasteiger charge is -2.17. The molecule has 0 atom stereocenters. The van der Waals surface area contributed by atoms with Gasteiger partial charge < -0.3 is 14.2 Å². The second kappa shape index (κ2) is 10.3. The van der Waals surface area contributed by atoms with Gasteiger partial charge in [0.05, 0.1) is 37.3 Å². The number of thioether (sulfide) groups is 1. The van der Waals surface area contributed by atoms with Gasteiger partial charge in [0.25, 0.3) is 11.2 Å². The summed E-state index contributed by atoms with van der Waals surface area (Å²) in [5.74, 6) is 1.50. The number of non-ortho nitro benzene ring substituents is 1. The van der Waals surface area contributed by atoms with Gasteiger partial charge in [-0.3, -0.25) is 19.5 Å². The monoisotopic (exact) mass is 507 g/mol. The Labute approximate surface area is 211 Å². The van der Waals surface area contributed by atoms with Crippen molar-refractivity contribution in [2.24, 2.45) is 0 Å². The van der Waals surface area contributed by atoms with E-state index in [1.165, 1.54) is 73.1 Å². The first-order chi connectivity index (χ1) is 17.3. The average Bonchev–Trinajstić information content (AvgIpc) is 2.88. The Bertz CT molecular complexity index is 1520. The Kier molecular flexibility index (Phi) is 7.16. The molecule has 36 heavy (non-hydrogen) atoms. The number of ether oxygens (including phenoxy) is 3. The maximum atomic E-state index is 13.8. The van der Waals surface area contributed by atoms with Gasteiger partial charge in [0.2, 0.25) is 5.75 Å². The second-order valence-corrected chi connectivity index (χ2v) is 9.00. The predicted molar refractivity (Wildman–Crippen MR) is 139 cm³/mol. The number of aryl methyl sites for hydroxylation is 2. The lowest BCUT2D eigenvalue weighted by Crippen LogP contribution is -2.22. The maximum Gasteiger partial charge on any atom is 0.269 e. The first-order valence-electron chi connectivity index (χ1n) is 11.0. The number of rotatable bonds is 8. The van der Waals surface area contributed by atoms with Crippen LogP contribution in [0.25, 0.3) is 16.6 Å². The highest BCUT2D eigenvalue weighted by Gasteiger charge is 2.23. The molecule has 3 aromatic carbocycles. The summed E-state index contributed by atoms with van der Waals surface area (Å²) in [6.07, 6.45) is 0. The molecule has 9 nitrogen and oxygen atoms in total. The van der Waals surface area contributed by atoms with Gasteiger partial charge in [-0.1, -0.05) is 30.0 Å². The molecule has 0 fully saturated rings. The van der Waals surface area contributed by atoms with E-state index < -0.39 is 4.92 Å². The van der Waals surface area contributed by atoms with Crippen LogP contribution in [0.2, 0.25) is 0 Å². The molecule has 0 saturated carbocycles. The van der Waals surface area contributed by atoms with Crippen molar-refractivity contribution >= 4 is 28.4 Å². The molecular formula is C26H25N3O6S. The molecule has 0 saturated heterocycles. The molecule has 0 spiro atoms. The minimum absolute atomic E-state index is 0.0713. The Hall–Kier alpha value is -4.05. The molecule has 186 valence electrons. The molecule has 0 amide bonds. The molecule has 4 rings (SSSR count). The van der Waals surface area contributed by atoms with E-state index in [1.807, 2.05) is 6.07 Å². The van der Waals surface area contributed by atoms with Crippen molar-refractivity contribution < 1.29 is 19.1 Å². The van der Waals surface area contributed by atoms with Crippen LogP contribution in [0.15, 0.2) is 58.5 Å². The fourth-order valence-corrected chi connectivity index (χ4v) is 4.81. The largest absolute Gasteiger partial charge is 0.493 e. The van der Waals surface area contributed by atoms with Gasteiger partial charge in [-0.15, -0.1) is 0 Å². The maximum absolute atomic E-state index is 13.8. The summed E-state index contributed by atoms with van der Waals surface area (Å²) in [6, 6.07) is 13.5. The average molecular weight is 508 g/mol. The van der Waals surface area contributed by atoms with Gasteiger partial charge in [0.1, 0.15) is 5.52 Å². The quantitative estimate of drug-likeness (QED) is 0.138. The topological polar surface area (TPSA) is 106 Å². The summed E-state index contributed by atoms with van der Waals surface area (Å²) < 4.78 is 17.9. The van der Waals surface area contributed by atoms with Gasteiger partial charge in [0.15, 0.2) is 16.7 Å². The fourth-order valence-electron chi connectivity index (χ4n) is 3.86. The third kappa shape index (κ3) is 4.59. The number of methoxy groups -OCH3 is 3. The van der Waals surface area contributed by atoms with Crippen molar-refractivity contribution in [2.45, 2.75) is 24.8 Å². The van der Waals surface area contributed by atoms with Crippen LogP contribution in [-0.4, -0.2) is 35.8 Å². The van der Waals surface area contributed by atoms with E-state index in [1.54, 1.807) is 6.07 Å². The molecule has 0 unspecified atom stereocenters. The van der Waals surface area contributed by atoms with Crippen LogP contribution in [0.3, 0.4) is 0 Å². The van der Waals surface area contributed by atoms with Gasteiger partial charge >= 0.3 is 0 Å². The lowest BCUT2D eigenvalue weighted by molar-refractivity contribution is -0.384. The van der Waals surface area contributed by atoms with E-state index in [2.05, 4.69) is 26.0 Å². The molecule has 0 aliphatic carbocycles. The first-order valence-corrected chi connectivity index (χ1v) is 12.0. The highest BCUT2D eigenvalue weighted by atomic mass is 32.2. The van der Waals surface area contributed by atoms with Crippen LogP contribution < -0.4 is 19.8 Å². The molecule has 0 aliphatic heterocycles.